The SMILES string of the molecule is CC(Cc1ccc(Br)cc1)NC1CCN(C2CC2)C1. The van der Waals surface area contributed by atoms with Gasteiger partial charge in [-0.3, -0.25) is 4.90 Å². The minimum Gasteiger partial charge on any atom is -0.310 e. The van der Waals surface area contributed by atoms with Crippen molar-refractivity contribution in [3.63, 3.8) is 0 Å². The molecule has 1 aliphatic heterocycles. The molecule has 2 unspecified atom stereocenters. The van der Waals surface area contributed by atoms with Gasteiger partial charge < -0.3 is 5.32 Å². The summed E-state index contributed by atoms with van der Waals surface area (Å²) in [5.41, 5.74) is 1.42. The first-order chi connectivity index (χ1) is 9.20. The number of rotatable bonds is 5. The highest BCUT2D eigenvalue weighted by Gasteiger charge is 2.34. The molecule has 2 nitrogen and oxygen atoms in total. The lowest BCUT2D eigenvalue weighted by Crippen LogP contribution is -2.39. The molecule has 1 aromatic rings. The van der Waals surface area contributed by atoms with Crippen molar-refractivity contribution in [1.29, 1.82) is 0 Å². The Morgan fingerprint density at radius 1 is 1.26 bits per heavy atom. The van der Waals surface area contributed by atoms with E-state index >= 15 is 0 Å². The average molecular weight is 323 g/mol. The third-order valence-corrected chi connectivity index (χ3v) is 4.79. The molecule has 0 aromatic heterocycles. The minimum absolute atomic E-state index is 0.560. The van der Waals surface area contributed by atoms with E-state index in [4.69, 9.17) is 0 Å². The highest BCUT2D eigenvalue weighted by molar-refractivity contribution is 9.10. The molecule has 0 bridgehead atoms. The summed E-state index contributed by atoms with van der Waals surface area (Å²) >= 11 is 3.49. The van der Waals surface area contributed by atoms with E-state index in [-0.39, 0.29) is 0 Å². The van der Waals surface area contributed by atoms with Crippen LogP contribution in [0, 0.1) is 0 Å². The van der Waals surface area contributed by atoms with Crippen molar-refractivity contribution in [2.75, 3.05) is 13.1 Å². The van der Waals surface area contributed by atoms with Crippen molar-refractivity contribution >= 4 is 15.9 Å². The highest BCUT2D eigenvalue weighted by atomic mass is 79.9. The van der Waals surface area contributed by atoms with Crippen molar-refractivity contribution < 1.29 is 0 Å². The normalized spacial score (nSPS) is 25.7. The van der Waals surface area contributed by atoms with Gasteiger partial charge in [-0.1, -0.05) is 28.1 Å². The lowest BCUT2D eigenvalue weighted by atomic mass is 10.1. The van der Waals surface area contributed by atoms with E-state index in [2.05, 4.69) is 57.3 Å². The molecular formula is C16H23BrN2. The van der Waals surface area contributed by atoms with E-state index in [1.54, 1.807) is 0 Å². The number of benzene rings is 1. The van der Waals surface area contributed by atoms with Crippen molar-refractivity contribution in [3.05, 3.63) is 34.3 Å². The Labute approximate surface area is 124 Å². The second-order valence-corrected chi connectivity index (χ2v) is 7.03. The van der Waals surface area contributed by atoms with Crippen LogP contribution in [0.25, 0.3) is 0 Å². The molecule has 1 aliphatic carbocycles. The second-order valence-electron chi connectivity index (χ2n) is 6.11. The Morgan fingerprint density at radius 2 is 2.00 bits per heavy atom. The molecule has 0 amide bonds. The molecule has 1 aromatic carbocycles. The molecule has 1 N–H and O–H groups in total. The summed E-state index contributed by atoms with van der Waals surface area (Å²) in [5, 5.41) is 3.80. The summed E-state index contributed by atoms with van der Waals surface area (Å²) < 4.78 is 1.16. The molecule has 3 heteroatoms. The first-order valence-electron chi connectivity index (χ1n) is 7.45. The number of hydrogen-bond acceptors (Lipinski definition) is 2. The van der Waals surface area contributed by atoms with Crippen LogP contribution in [0.5, 0.6) is 0 Å². The Hall–Kier alpha value is -0.380. The number of nitrogens with one attached hydrogen (secondary N) is 1. The molecule has 104 valence electrons. The maximum absolute atomic E-state index is 3.80. The summed E-state index contributed by atoms with van der Waals surface area (Å²) in [6, 6.07) is 10.9. The molecule has 1 saturated carbocycles. The van der Waals surface area contributed by atoms with Crippen LogP contribution >= 0.6 is 15.9 Å². The van der Waals surface area contributed by atoms with Gasteiger partial charge in [-0.05, 0) is 50.3 Å². The predicted molar refractivity (Wildman–Crippen MR) is 83.4 cm³/mol. The average Bonchev–Trinajstić information content (AvgIpc) is 3.14. The van der Waals surface area contributed by atoms with Crippen molar-refractivity contribution in [1.82, 2.24) is 10.2 Å². The quantitative estimate of drug-likeness (QED) is 0.895. The number of nitrogens with zero attached hydrogens (tertiary/aromatic N) is 1. The van der Waals surface area contributed by atoms with E-state index in [0.717, 1.165) is 16.9 Å². The van der Waals surface area contributed by atoms with Gasteiger partial charge in [0, 0.05) is 35.7 Å². The van der Waals surface area contributed by atoms with Gasteiger partial charge in [-0.25, -0.2) is 0 Å². The number of likely N-dealkylation sites (tertiary alicyclic amines) is 1. The van der Waals surface area contributed by atoms with E-state index in [1.165, 1.54) is 37.9 Å². The fourth-order valence-corrected chi connectivity index (χ4v) is 3.39. The smallest absolute Gasteiger partial charge is 0.0209 e. The first-order valence-corrected chi connectivity index (χ1v) is 8.24. The molecule has 2 aliphatic rings. The standard InChI is InChI=1S/C16H23BrN2/c1-12(10-13-2-4-14(17)5-3-13)18-15-8-9-19(11-15)16-6-7-16/h2-5,12,15-16,18H,6-11H2,1H3. The fraction of sp³-hybridized carbons (Fsp3) is 0.625. The van der Waals surface area contributed by atoms with Crippen LogP contribution in [-0.4, -0.2) is 36.1 Å². The third-order valence-electron chi connectivity index (χ3n) is 4.26. The van der Waals surface area contributed by atoms with Crippen molar-refractivity contribution in [2.24, 2.45) is 0 Å². The molecule has 1 heterocycles. The van der Waals surface area contributed by atoms with Gasteiger partial charge in [0.15, 0.2) is 0 Å². The molecular weight excluding hydrogens is 300 g/mol. The van der Waals surface area contributed by atoms with Crippen LogP contribution in [0.15, 0.2) is 28.7 Å². The fourth-order valence-electron chi connectivity index (χ4n) is 3.13. The van der Waals surface area contributed by atoms with Gasteiger partial charge in [0.25, 0.3) is 0 Å². The van der Waals surface area contributed by atoms with Gasteiger partial charge in [0.1, 0.15) is 0 Å². The molecule has 1 saturated heterocycles. The molecule has 2 fully saturated rings. The van der Waals surface area contributed by atoms with E-state index in [1.807, 2.05) is 0 Å². The number of halogens is 1. The summed E-state index contributed by atoms with van der Waals surface area (Å²) in [7, 11) is 0. The number of hydrogen-bond donors (Lipinski definition) is 1. The summed E-state index contributed by atoms with van der Waals surface area (Å²) in [4.78, 5) is 2.67. The Balaban J connectivity index is 1.45. The monoisotopic (exact) mass is 322 g/mol. The zero-order valence-electron chi connectivity index (χ0n) is 11.6. The summed E-state index contributed by atoms with van der Waals surface area (Å²) in [6.45, 7) is 4.87. The molecule has 3 rings (SSSR count). The van der Waals surface area contributed by atoms with Crippen LogP contribution < -0.4 is 5.32 Å². The zero-order valence-corrected chi connectivity index (χ0v) is 13.2. The van der Waals surface area contributed by atoms with Gasteiger partial charge in [-0.2, -0.15) is 0 Å². The first kappa shape index (κ1) is 13.6. The van der Waals surface area contributed by atoms with Crippen LogP contribution in [-0.2, 0) is 6.42 Å². The van der Waals surface area contributed by atoms with Crippen LogP contribution in [0.2, 0.25) is 0 Å². The Bertz CT molecular complexity index is 413. The summed E-state index contributed by atoms with van der Waals surface area (Å²) in [6.07, 6.45) is 5.30. The van der Waals surface area contributed by atoms with Crippen molar-refractivity contribution in [3.8, 4) is 0 Å². The van der Waals surface area contributed by atoms with Crippen LogP contribution in [0.1, 0.15) is 31.7 Å². The lowest BCUT2D eigenvalue weighted by Gasteiger charge is -2.20. The van der Waals surface area contributed by atoms with Crippen LogP contribution in [0.4, 0.5) is 0 Å². The summed E-state index contributed by atoms with van der Waals surface area (Å²) in [5.74, 6) is 0. The highest BCUT2D eigenvalue weighted by Crippen LogP contribution is 2.29. The predicted octanol–water partition coefficient (Wildman–Crippen LogP) is 3.21. The molecule has 0 spiro atoms. The van der Waals surface area contributed by atoms with E-state index in [9.17, 15) is 0 Å². The van der Waals surface area contributed by atoms with Gasteiger partial charge in [0.2, 0.25) is 0 Å². The van der Waals surface area contributed by atoms with Gasteiger partial charge in [-0.15, -0.1) is 0 Å². The van der Waals surface area contributed by atoms with Crippen LogP contribution in [0.3, 0.4) is 0 Å². The Morgan fingerprint density at radius 3 is 2.68 bits per heavy atom. The maximum Gasteiger partial charge on any atom is 0.0209 e. The molecule has 0 radical (unpaired) electrons. The second kappa shape index (κ2) is 5.94. The lowest BCUT2D eigenvalue weighted by molar-refractivity contribution is 0.313. The van der Waals surface area contributed by atoms with E-state index in [0.29, 0.717) is 12.1 Å². The minimum atomic E-state index is 0.560. The molecule has 19 heavy (non-hydrogen) atoms. The third kappa shape index (κ3) is 3.80. The van der Waals surface area contributed by atoms with Crippen molar-refractivity contribution in [2.45, 2.75) is 50.7 Å². The molecule has 2 atom stereocenters. The van der Waals surface area contributed by atoms with Gasteiger partial charge >= 0.3 is 0 Å². The van der Waals surface area contributed by atoms with E-state index < -0.39 is 0 Å². The topological polar surface area (TPSA) is 15.3 Å². The maximum atomic E-state index is 3.80. The zero-order chi connectivity index (χ0) is 13.2. The largest absolute Gasteiger partial charge is 0.310 e. The van der Waals surface area contributed by atoms with Gasteiger partial charge in [0.05, 0.1) is 0 Å². The Kier molecular flexibility index (Phi) is 4.25.